The number of anilines is 5. The standard InChI is InChI=1S/C22H21N7O3/c1-12-8-24-21(28-20(12)25-13-2-4-18-17(6-13)27-22(30)32-18)26-14-3-5-19(23-9-14)29-10-16-7-15(29)11-31-16/h2-6,8-9,15-16H,7,10-11H2,1H3,(H,27,30)(H2,24,25,26,28). The fraction of sp³-hybridized carbons (Fsp3) is 0.273. The maximum atomic E-state index is 11.4. The Balaban J connectivity index is 1.19. The second kappa shape index (κ2) is 7.34. The highest BCUT2D eigenvalue weighted by Crippen LogP contribution is 2.32. The number of hydrogen-bond donors (Lipinski definition) is 3. The van der Waals surface area contributed by atoms with Gasteiger partial charge in [-0.05, 0) is 43.7 Å². The number of oxazole rings is 1. The van der Waals surface area contributed by atoms with Crippen molar-refractivity contribution in [1.82, 2.24) is 19.9 Å². The van der Waals surface area contributed by atoms with E-state index in [2.05, 4.69) is 35.5 Å². The molecule has 3 aromatic heterocycles. The van der Waals surface area contributed by atoms with Gasteiger partial charge in [-0.15, -0.1) is 0 Å². The predicted octanol–water partition coefficient (Wildman–Crippen LogP) is 3.08. The lowest BCUT2D eigenvalue weighted by atomic mass is 10.2. The number of rotatable bonds is 5. The van der Waals surface area contributed by atoms with Crippen molar-refractivity contribution < 1.29 is 9.15 Å². The summed E-state index contributed by atoms with van der Waals surface area (Å²) in [5.74, 6) is 1.60. The van der Waals surface area contributed by atoms with Gasteiger partial charge >= 0.3 is 5.76 Å². The van der Waals surface area contributed by atoms with Crippen LogP contribution in [-0.4, -0.2) is 45.2 Å². The molecule has 2 aliphatic rings. The molecule has 5 heterocycles. The minimum Gasteiger partial charge on any atom is -0.408 e. The van der Waals surface area contributed by atoms with Gasteiger partial charge in [-0.25, -0.2) is 14.8 Å². The maximum absolute atomic E-state index is 11.4. The zero-order valence-corrected chi connectivity index (χ0v) is 17.3. The molecule has 4 aromatic rings. The average molecular weight is 431 g/mol. The Morgan fingerprint density at radius 3 is 2.81 bits per heavy atom. The molecule has 0 spiro atoms. The van der Waals surface area contributed by atoms with Crippen LogP contribution in [0, 0.1) is 6.92 Å². The molecule has 0 radical (unpaired) electrons. The van der Waals surface area contributed by atoms with E-state index in [0.29, 0.717) is 35.0 Å². The molecule has 10 nitrogen and oxygen atoms in total. The minimum atomic E-state index is -0.480. The van der Waals surface area contributed by atoms with Gasteiger partial charge in [0.15, 0.2) is 5.58 Å². The Morgan fingerprint density at radius 2 is 2.03 bits per heavy atom. The average Bonchev–Trinajstić information content (AvgIpc) is 3.51. The van der Waals surface area contributed by atoms with Gasteiger partial charge in [-0.3, -0.25) is 4.98 Å². The second-order valence-corrected chi connectivity index (χ2v) is 8.10. The van der Waals surface area contributed by atoms with Crippen LogP contribution in [-0.2, 0) is 4.74 Å². The first-order chi connectivity index (χ1) is 15.6. The van der Waals surface area contributed by atoms with Gasteiger partial charge < -0.3 is 24.7 Å². The van der Waals surface area contributed by atoms with Crippen molar-refractivity contribution in [3.63, 3.8) is 0 Å². The molecule has 1 aromatic carbocycles. The largest absolute Gasteiger partial charge is 0.417 e. The fourth-order valence-electron chi connectivity index (χ4n) is 4.23. The number of ether oxygens (including phenoxy) is 1. The van der Waals surface area contributed by atoms with Crippen LogP contribution >= 0.6 is 0 Å². The SMILES string of the molecule is Cc1cnc(Nc2ccc(N3CC4CC3CO4)nc2)nc1Nc1ccc2oc(=O)[nH]c2c1. The van der Waals surface area contributed by atoms with Crippen LogP contribution in [0.1, 0.15) is 12.0 Å². The molecule has 162 valence electrons. The Kier molecular flexibility index (Phi) is 4.32. The summed E-state index contributed by atoms with van der Waals surface area (Å²) in [4.78, 5) is 29.9. The monoisotopic (exact) mass is 431 g/mol. The van der Waals surface area contributed by atoms with E-state index in [0.717, 1.165) is 42.3 Å². The van der Waals surface area contributed by atoms with Gasteiger partial charge in [0.1, 0.15) is 11.6 Å². The lowest BCUT2D eigenvalue weighted by molar-refractivity contribution is 0.0989. The predicted molar refractivity (Wildman–Crippen MR) is 120 cm³/mol. The number of nitrogens with one attached hydrogen (secondary N) is 3. The van der Waals surface area contributed by atoms with Crippen LogP contribution in [0.4, 0.5) is 29.0 Å². The van der Waals surface area contributed by atoms with Gasteiger partial charge in [0.25, 0.3) is 0 Å². The number of aromatic amines is 1. The molecule has 0 amide bonds. The maximum Gasteiger partial charge on any atom is 0.417 e. The fourth-order valence-corrected chi connectivity index (χ4v) is 4.23. The van der Waals surface area contributed by atoms with Gasteiger partial charge in [-0.2, -0.15) is 4.98 Å². The van der Waals surface area contributed by atoms with Crippen molar-refractivity contribution in [3.8, 4) is 0 Å². The molecule has 2 fully saturated rings. The van der Waals surface area contributed by atoms with Crippen LogP contribution in [0.25, 0.3) is 11.1 Å². The van der Waals surface area contributed by atoms with Crippen molar-refractivity contribution in [2.75, 3.05) is 28.7 Å². The van der Waals surface area contributed by atoms with Crippen molar-refractivity contribution in [2.24, 2.45) is 0 Å². The molecule has 3 N–H and O–H groups in total. The summed E-state index contributed by atoms with van der Waals surface area (Å²) in [6.07, 6.45) is 4.96. The smallest absolute Gasteiger partial charge is 0.408 e. The van der Waals surface area contributed by atoms with Crippen LogP contribution < -0.4 is 21.3 Å². The molecule has 32 heavy (non-hydrogen) atoms. The number of aryl methyl sites for hydroxylation is 1. The highest BCUT2D eigenvalue weighted by Gasteiger charge is 2.39. The summed E-state index contributed by atoms with van der Waals surface area (Å²) in [5.41, 5.74) is 3.59. The minimum absolute atomic E-state index is 0.334. The third-order valence-electron chi connectivity index (χ3n) is 5.85. The molecule has 6 rings (SSSR count). The molecule has 2 atom stereocenters. The van der Waals surface area contributed by atoms with Crippen LogP contribution in [0.3, 0.4) is 0 Å². The normalized spacial score (nSPS) is 19.6. The van der Waals surface area contributed by atoms with E-state index in [4.69, 9.17) is 9.15 Å². The molecule has 10 heteroatoms. The summed E-state index contributed by atoms with van der Waals surface area (Å²) in [6, 6.07) is 9.78. The van der Waals surface area contributed by atoms with Crippen molar-refractivity contribution in [3.05, 3.63) is 58.8 Å². The molecule has 0 saturated carbocycles. The summed E-state index contributed by atoms with van der Waals surface area (Å²) in [5, 5.41) is 6.48. The first-order valence-corrected chi connectivity index (χ1v) is 10.5. The van der Waals surface area contributed by atoms with Crippen molar-refractivity contribution >= 4 is 40.1 Å². The molecule has 2 bridgehead atoms. The Bertz CT molecular complexity index is 1350. The van der Waals surface area contributed by atoms with E-state index in [1.165, 1.54) is 0 Å². The molecular weight excluding hydrogens is 410 g/mol. The van der Waals surface area contributed by atoms with E-state index in [-0.39, 0.29) is 0 Å². The summed E-state index contributed by atoms with van der Waals surface area (Å²) in [6.45, 7) is 3.61. The first-order valence-electron chi connectivity index (χ1n) is 10.5. The molecule has 0 aliphatic carbocycles. The van der Waals surface area contributed by atoms with Gasteiger partial charge in [-0.1, -0.05) is 0 Å². The number of pyridine rings is 1. The van der Waals surface area contributed by atoms with E-state index in [1.54, 1.807) is 24.5 Å². The second-order valence-electron chi connectivity index (χ2n) is 8.10. The number of hydrogen-bond acceptors (Lipinski definition) is 9. The Labute approximate surface area is 182 Å². The summed E-state index contributed by atoms with van der Waals surface area (Å²) in [7, 11) is 0. The number of fused-ring (bicyclic) bond motifs is 3. The number of aromatic nitrogens is 4. The Hall–Kier alpha value is -3.92. The third-order valence-corrected chi connectivity index (χ3v) is 5.85. The van der Waals surface area contributed by atoms with Crippen LogP contribution in [0.15, 0.2) is 51.9 Å². The quantitative estimate of drug-likeness (QED) is 0.438. The zero-order valence-electron chi connectivity index (χ0n) is 17.3. The van der Waals surface area contributed by atoms with Gasteiger partial charge in [0.2, 0.25) is 5.95 Å². The first kappa shape index (κ1) is 18.8. The Morgan fingerprint density at radius 1 is 1.12 bits per heavy atom. The van der Waals surface area contributed by atoms with E-state index in [9.17, 15) is 4.79 Å². The van der Waals surface area contributed by atoms with Gasteiger partial charge in [0.05, 0.1) is 36.2 Å². The van der Waals surface area contributed by atoms with E-state index < -0.39 is 5.76 Å². The number of benzene rings is 1. The molecular formula is C22H21N7O3. The zero-order chi connectivity index (χ0) is 21.7. The van der Waals surface area contributed by atoms with Crippen LogP contribution in [0.5, 0.6) is 0 Å². The number of morpholine rings is 1. The van der Waals surface area contributed by atoms with Crippen LogP contribution in [0.2, 0.25) is 0 Å². The van der Waals surface area contributed by atoms with Crippen molar-refractivity contribution in [2.45, 2.75) is 25.5 Å². The summed E-state index contributed by atoms with van der Waals surface area (Å²) < 4.78 is 10.7. The number of H-pyrrole nitrogens is 1. The van der Waals surface area contributed by atoms with E-state index >= 15 is 0 Å². The summed E-state index contributed by atoms with van der Waals surface area (Å²) >= 11 is 0. The highest BCUT2D eigenvalue weighted by atomic mass is 16.5. The lowest BCUT2D eigenvalue weighted by Gasteiger charge is -2.27. The topological polar surface area (TPSA) is 121 Å². The van der Waals surface area contributed by atoms with Crippen molar-refractivity contribution in [1.29, 1.82) is 0 Å². The molecule has 2 saturated heterocycles. The number of nitrogens with zero attached hydrogens (tertiary/aromatic N) is 4. The molecule has 2 unspecified atom stereocenters. The highest BCUT2D eigenvalue weighted by molar-refractivity contribution is 5.78. The molecule has 2 aliphatic heterocycles. The third kappa shape index (κ3) is 3.44. The van der Waals surface area contributed by atoms with Gasteiger partial charge in [0, 0.05) is 24.0 Å². The van der Waals surface area contributed by atoms with E-state index in [1.807, 2.05) is 25.1 Å². The lowest BCUT2D eigenvalue weighted by Crippen LogP contribution is -2.37.